The highest BCUT2D eigenvalue weighted by atomic mass is 35.5. The highest BCUT2D eigenvalue weighted by Crippen LogP contribution is 2.26. The Kier molecular flexibility index (Phi) is 5.14. The number of carbonyl (C=O) groups is 3. The van der Waals surface area contributed by atoms with Gasteiger partial charge in [-0.2, -0.15) is 0 Å². The lowest BCUT2D eigenvalue weighted by molar-refractivity contribution is -0.130. The summed E-state index contributed by atoms with van der Waals surface area (Å²) in [4.78, 5) is 39.6. The second-order valence-corrected chi connectivity index (χ2v) is 6.67. The molecule has 0 spiro atoms. The first-order valence-corrected chi connectivity index (χ1v) is 8.62. The second-order valence-electron chi connectivity index (χ2n) is 6.27. The number of aryl methyl sites for hydroxylation is 1. The van der Waals surface area contributed by atoms with E-state index in [-0.39, 0.29) is 10.7 Å². The fourth-order valence-corrected chi connectivity index (χ4v) is 3.01. The minimum absolute atomic E-state index is 0.139. The van der Waals surface area contributed by atoms with Crippen LogP contribution in [0.3, 0.4) is 0 Å². The minimum atomic E-state index is -0.715. The van der Waals surface area contributed by atoms with Crippen LogP contribution in [-0.4, -0.2) is 35.3 Å². The molecule has 1 fully saturated rings. The maximum Gasteiger partial charge on any atom is 0.332 e. The molecule has 0 saturated carbocycles. The molecule has 27 heavy (non-hydrogen) atoms. The fourth-order valence-electron chi connectivity index (χ4n) is 2.83. The summed E-state index contributed by atoms with van der Waals surface area (Å²) in [5.41, 5.74) is 1.88. The maximum atomic E-state index is 13.2. The lowest BCUT2D eigenvalue weighted by atomic mass is 10.2. The Morgan fingerprint density at radius 3 is 2.48 bits per heavy atom. The topological polar surface area (TPSA) is 69.7 Å². The number of amides is 4. The Morgan fingerprint density at radius 1 is 1.19 bits per heavy atom. The summed E-state index contributed by atoms with van der Waals surface area (Å²) < 4.78 is 13.2. The SMILES string of the molecule is Cc1ccc(N2C(=O)N(CC(=O)Nc3ccc(F)c(Cl)c3)C(=O)C2C)cc1. The number of nitrogens with one attached hydrogen (secondary N) is 1. The molecule has 0 radical (unpaired) electrons. The van der Waals surface area contributed by atoms with E-state index in [2.05, 4.69) is 5.32 Å². The first-order chi connectivity index (χ1) is 12.8. The molecule has 0 bridgehead atoms. The average molecular weight is 390 g/mol. The van der Waals surface area contributed by atoms with Crippen LogP contribution in [0.2, 0.25) is 5.02 Å². The monoisotopic (exact) mass is 389 g/mol. The van der Waals surface area contributed by atoms with Gasteiger partial charge in [-0.3, -0.25) is 19.4 Å². The molecule has 6 nitrogen and oxygen atoms in total. The second kappa shape index (κ2) is 7.36. The zero-order valence-corrected chi connectivity index (χ0v) is 15.5. The molecule has 0 aliphatic carbocycles. The van der Waals surface area contributed by atoms with Gasteiger partial charge in [-0.25, -0.2) is 9.18 Å². The van der Waals surface area contributed by atoms with Crippen molar-refractivity contribution < 1.29 is 18.8 Å². The number of benzene rings is 2. The van der Waals surface area contributed by atoms with Crippen LogP contribution in [0.5, 0.6) is 0 Å². The number of urea groups is 1. The molecule has 140 valence electrons. The van der Waals surface area contributed by atoms with Crippen LogP contribution in [0, 0.1) is 12.7 Å². The molecule has 4 amide bonds. The van der Waals surface area contributed by atoms with Gasteiger partial charge in [0.25, 0.3) is 5.91 Å². The zero-order valence-electron chi connectivity index (χ0n) is 14.7. The van der Waals surface area contributed by atoms with Crippen LogP contribution in [0.25, 0.3) is 0 Å². The van der Waals surface area contributed by atoms with Gasteiger partial charge in [0.1, 0.15) is 18.4 Å². The van der Waals surface area contributed by atoms with Crippen molar-refractivity contribution >= 4 is 40.8 Å². The number of nitrogens with zero attached hydrogens (tertiary/aromatic N) is 2. The molecule has 1 aliphatic heterocycles. The molecule has 2 aromatic carbocycles. The van der Waals surface area contributed by atoms with Crippen LogP contribution in [0.15, 0.2) is 42.5 Å². The quantitative estimate of drug-likeness (QED) is 0.812. The van der Waals surface area contributed by atoms with E-state index in [0.717, 1.165) is 16.5 Å². The summed E-state index contributed by atoms with van der Waals surface area (Å²) in [6.45, 7) is 3.08. The summed E-state index contributed by atoms with van der Waals surface area (Å²) >= 11 is 5.68. The first-order valence-electron chi connectivity index (χ1n) is 8.24. The summed E-state index contributed by atoms with van der Waals surface area (Å²) in [6, 6.07) is 9.61. The Morgan fingerprint density at radius 2 is 1.85 bits per heavy atom. The van der Waals surface area contributed by atoms with Crippen molar-refractivity contribution in [3.05, 3.63) is 58.9 Å². The summed E-state index contributed by atoms with van der Waals surface area (Å²) in [5, 5.41) is 2.36. The highest BCUT2D eigenvalue weighted by molar-refractivity contribution is 6.31. The van der Waals surface area contributed by atoms with E-state index in [1.54, 1.807) is 19.1 Å². The Bertz CT molecular complexity index is 917. The molecule has 8 heteroatoms. The van der Waals surface area contributed by atoms with E-state index < -0.39 is 36.2 Å². The van der Waals surface area contributed by atoms with Gasteiger partial charge in [-0.05, 0) is 44.2 Å². The Labute approximate surface area is 160 Å². The smallest absolute Gasteiger partial charge is 0.324 e. The van der Waals surface area contributed by atoms with Gasteiger partial charge in [0.15, 0.2) is 0 Å². The van der Waals surface area contributed by atoms with Gasteiger partial charge in [0.05, 0.1) is 5.02 Å². The Hall–Kier alpha value is -2.93. The van der Waals surface area contributed by atoms with E-state index in [0.29, 0.717) is 5.69 Å². The van der Waals surface area contributed by atoms with Crippen LogP contribution in [0.1, 0.15) is 12.5 Å². The number of anilines is 2. The normalized spacial score (nSPS) is 16.8. The van der Waals surface area contributed by atoms with Crippen molar-refractivity contribution in [2.75, 3.05) is 16.8 Å². The molecule has 1 atom stereocenters. The molecule has 1 aliphatic rings. The van der Waals surface area contributed by atoms with Crippen molar-refractivity contribution in [3.8, 4) is 0 Å². The standard InChI is InChI=1S/C19H17ClFN3O3/c1-11-3-6-14(7-4-11)24-12(2)18(26)23(19(24)27)10-17(25)22-13-5-8-16(21)15(20)9-13/h3-9,12H,10H2,1-2H3,(H,22,25). The van der Waals surface area contributed by atoms with Gasteiger partial charge in [-0.1, -0.05) is 29.3 Å². The lowest BCUT2D eigenvalue weighted by Gasteiger charge is -2.19. The van der Waals surface area contributed by atoms with Gasteiger partial charge in [-0.15, -0.1) is 0 Å². The zero-order chi connectivity index (χ0) is 19.7. The van der Waals surface area contributed by atoms with Crippen LogP contribution >= 0.6 is 11.6 Å². The van der Waals surface area contributed by atoms with E-state index in [1.165, 1.54) is 17.0 Å². The summed E-state index contributed by atoms with van der Waals surface area (Å²) in [5.74, 6) is -1.66. The molecule has 1 saturated heterocycles. The predicted octanol–water partition coefficient (Wildman–Crippen LogP) is 3.58. The number of rotatable bonds is 4. The molecule has 3 rings (SSSR count). The van der Waals surface area contributed by atoms with E-state index in [4.69, 9.17) is 11.6 Å². The van der Waals surface area contributed by atoms with E-state index in [1.807, 2.05) is 19.1 Å². The van der Waals surface area contributed by atoms with Crippen LogP contribution in [-0.2, 0) is 9.59 Å². The third-order valence-corrected chi connectivity index (χ3v) is 4.55. The fraction of sp³-hybridized carbons (Fsp3) is 0.211. The van der Waals surface area contributed by atoms with Crippen molar-refractivity contribution in [1.82, 2.24) is 4.90 Å². The van der Waals surface area contributed by atoms with Crippen molar-refractivity contribution in [2.45, 2.75) is 19.9 Å². The van der Waals surface area contributed by atoms with Gasteiger partial charge >= 0.3 is 6.03 Å². The molecular formula is C19H17ClFN3O3. The number of halogens is 2. The predicted molar refractivity (Wildman–Crippen MR) is 100 cm³/mol. The third kappa shape index (κ3) is 3.78. The molecule has 2 aromatic rings. The largest absolute Gasteiger partial charge is 0.332 e. The lowest BCUT2D eigenvalue weighted by Crippen LogP contribution is -2.39. The third-order valence-electron chi connectivity index (χ3n) is 4.26. The maximum absolute atomic E-state index is 13.2. The van der Waals surface area contributed by atoms with Gasteiger partial charge in [0.2, 0.25) is 5.91 Å². The molecule has 1 heterocycles. The number of imide groups is 1. The van der Waals surface area contributed by atoms with Crippen molar-refractivity contribution in [3.63, 3.8) is 0 Å². The molecule has 0 aromatic heterocycles. The van der Waals surface area contributed by atoms with Crippen LogP contribution < -0.4 is 10.2 Å². The van der Waals surface area contributed by atoms with E-state index >= 15 is 0 Å². The van der Waals surface area contributed by atoms with Crippen LogP contribution in [0.4, 0.5) is 20.6 Å². The first kappa shape index (κ1) is 18.8. The summed E-state index contributed by atoms with van der Waals surface area (Å²) in [7, 11) is 0. The van der Waals surface area contributed by atoms with Gasteiger partial charge in [0, 0.05) is 11.4 Å². The molecular weight excluding hydrogens is 373 g/mol. The van der Waals surface area contributed by atoms with Crippen molar-refractivity contribution in [1.29, 1.82) is 0 Å². The minimum Gasteiger partial charge on any atom is -0.324 e. The molecule has 1 N–H and O–H groups in total. The van der Waals surface area contributed by atoms with Gasteiger partial charge < -0.3 is 5.32 Å². The number of carbonyl (C=O) groups excluding carboxylic acids is 3. The average Bonchev–Trinajstić information content (AvgIpc) is 2.83. The molecule has 1 unspecified atom stereocenters. The Balaban J connectivity index is 1.73. The van der Waals surface area contributed by atoms with E-state index in [9.17, 15) is 18.8 Å². The summed E-state index contributed by atoms with van der Waals surface area (Å²) in [6.07, 6.45) is 0. The number of hydrogen-bond acceptors (Lipinski definition) is 3. The number of hydrogen-bond donors (Lipinski definition) is 1. The highest BCUT2D eigenvalue weighted by Gasteiger charge is 2.44. The van der Waals surface area contributed by atoms with Crippen molar-refractivity contribution in [2.24, 2.45) is 0 Å².